The maximum Gasteiger partial charge on any atom is 0.341 e. The number of carboxylic acids is 1. The Labute approximate surface area is 100.0 Å². The summed E-state index contributed by atoms with van der Waals surface area (Å²) in [6.45, 7) is 6.13. The lowest BCUT2D eigenvalue weighted by atomic mass is 10.0. The van der Waals surface area contributed by atoms with Gasteiger partial charge < -0.3 is 9.84 Å². The van der Waals surface area contributed by atoms with Crippen LogP contribution in [-0.4, -0.2) is 17.7 Å². The van der Waals surface area contributed by atoms with Gasteiger partial charge in [-0.1, -0.05) is 18.5 Å². The molecule has 0 fully saturated rings. The van der Waals surface area contributed by atoms with Crippen LogP contribution in [0.15, 0.2) is 6.07 Å². The molecule has 0 amide bonds. The summed E-state index contributed by atoms with van der Waals surface area (Å²) in [5.41, 5.74) is 1.77. The van der Waals surface area contributed by atoms with Gasteiger partial charge >= 0.3 is 5.97 Å². The molecular weight excluding hydrogens is 228 g/mol. The molecule has 0 heterocycles. The Morgan fingerprint density at radius 2 is 2.12 bits per heavy atom. The van der Waals surface area contributed by atoms with Crippen LogP contribution in [0, 0.1) is 13.8 Å². The van der Waals surface area contributed by atoms with E-state index in [4.69, 9.17) is 21.4 Å². The van der Waals surface area contributed by atoms with Gasteiger partial charge in [0.15, 0.2) is 0 Å². The molecule has 1 rings (SSSR count). The molecule has 4 heteroatoms. The fraction of sp³-hybridized carbons (Fsp3) is 0.417. The zero-order valence-corrected chi connectivity index (χ0v) is 10.4. The first-order valence-corrected chi connectivity index (χ1v) is 5.52. The molecule has 1 aromatic rings. The molecule has 1 aromatic carbocycles. The Morgan fingerprint density at radius 1 is 1.50 bits per heavy atom. The Balaban J connectivity index is 3.29. The van der Waals surface area contributed by atoms with Gasteiger partial charge in [-0.2, -0.15) is 0 Å². The van der Waals surface area contributed by atoms with E-state index in [-0.39, 0.29) is 10.6 Å². The van der Waals surface area contributed by atoms with Crippen molar-refractivity contribution in [3.8, 4) is 5.75 Å². The number of carbonyl (C=O) groups is 1. The third kappa shape index (κ3) is 2.47. The second-order valence-corrected chi connectivity index (χ2v) is 4.04. The van der Waals surface area contributed by atoms with E-state index in [1.54, 1.807) is 13.0 Å². The van der Waals surface area contributed by atoms with Gasteiger partial charge in [0.2, 0.25) is 0 Å². The van der Waals surface area contributed by atoms with Crippen LogP contribution in [0.5, 0.6) is 5.75 Å². The minimum absolute atomic E-state index is 0.0539. The predicted molar refractivity (Wildman–Crippen MR) is 63.7 cm³/mol. The van der Waals surface area contributed by atoms with Crippen LogP contribution in [0.2, 0.25) is 5.02 Å². The lowest BCUT2D eigenvalue weighted by Crippen LogP contribution is -2.06. The Bertz CT molecular complexity index is 413. The highest BCUT2D eigenvalue weighted by Gasteiger charge is 2.19. The number of rotatable bonds is 4. The highest BCUT2D eigenvalue weighted by molar-refractivity contribution is 6.34. The largest absolute Gasteiger partial charge is 0.493 e. The standard InChI is InChI=1S/C12H15ClO3/c1-4-5-16-9-6-7(2)8(3)11(13)10(9)12(14)15/h6H,4-5H2,1-3H3,(H,14,15). The summed E-state index contributed by atoms with van der Waals surface area (Å²) < 4.78 is 5.40. The van der Waals surface area contributed by atoms with Crippen molar-refractivity contribution in [1.29, 1.82) is 0 Å². The van der Waals surface area contributed by atoms with E-state index >= 15 is 0 Å². The molecule has 0 saturated heterocycles. The van der Waals surface area contributed by atoms with Crippen LogP contribution in [0.3, 0.4) is 0 Å². The summed E-state index contributed by atoms with van der Waals surface area (Å²) >= 11 is 6.02. The van der Waals surface area contributed by atoms with E-state index in [1.165, 1.54) is 0 Å². The fourth-order valence-electron chi connectivity index (χ4n) is 1.37. The zero-order valence-electron chi connectivity index (χ0n) is 9.63. The molecule has 0 bridgehead atoms. The Morgan fingerprint density at radius 3 is 2.62 bits per heavy atom. The molecule has 0 aliphatic heterocycles. The van der Waals surface area contributed by atoms with Gasteiger partial charge in [0.05, 0.1) is 11.6 Å². The van der Waals surface area contributed by atoms with E-state index in [2.05, 4.69) is 0 Å². The number of ether oxygens (including phenoxy) is 1. The number of hydrogen-bond donors (Lipinski definition) is 1. The Kier molecular flexibility index (Phi) is 4.19. The average Bonchev–Trinajstić information content (AvgIpc) is 2.22. The summed E-state index contributed by atoms with van der Waals surface area (Å²) in [6.07, 6.45) is 0.823. The molecule has 0 unspecified atom stereocenters. The molecule has 0 aliphatic rings. The van der Waals surface area contributed by atoms with Crippen molar-refractivity contribution in [3.63, 3.8) is 0 Å². The van der Waals surface area contributed by atoms with Crippen molar-refractivity contribution in [1.82, 2.24) is 0 Å². The van der Waals surface area contributed by atoms with Crippen molar-refractivity contribution >= 4 is 17.6 Å². The van der Waals surface area contributed by atoms with E-state index < -0.39 is 5.97 Å². The fourth-order valence-corrected chi connectivity index (χ4v) is 1.69. The number of carboxylic acid groups (broad SMARTS) is 1. The van der Waals surface area contributed by atoms with Gasteiger partial charge in [-0.05, 0) is 37.5 Å². The van der Waals surface area contributed by atoms with Crippen LogP contribution in [0.4, 0.5) is 0 Å². The summed E-state index contributed by atoms with van der Waals surface area (Å²) in [4.78, 5) is 11.1. The highest BCUT2D eigenvalue weighted by atomic mass is 35.5. The van der Waals surface area contributed by atoms with E-state index in [0.29, 0.717) is 12.4 Å². The first-order valence-electron chi connectivity index (χ1n) is 5.14. The summed E-state index contributed by atoms with van der Waals surface area (Å²) in [7, 11) is 0. The van der Waals surface area contributed by atoms with E-state index in [9.17, 15) is 4.79 Å². The molecule has 0 saturated carbocycles. The smallest absolute Gasteiger partial charge is 0.341 e. The predicted octanol–water partition coefficient (Wildman–Crippen LogP) is 3.44. The SMILES string of the molecule is CCCOc1cc(C)c(C)c(Cl)c1C(=O)O. The molecule has 0 aliphatic carbocycles. The molecule has 0 radical (unpaired) electrons. The number of benzene rings is 1. The normalized spacial score (nSPS) is 10.2. The summed E-state index contributed by atoms with van der Waals surface area (Å²) in [5, 5.41) is 9.36. The molecule has 0 spiro atoms. The molecule has 1 N–H and O–H groups in total. The molecule has 16 heavy (non-hydrogen) atoms. The third-order valence-corrected chi connectivity index (χ3v) is 2.88. The minimum atomic E-state index is -1.06. The van der Waals surface area contributed by atoms with Crippen molar-refractivity contribution in [2.45, 2.75) is 27.2 Å². The number of aryl methyl sites for hydroxylation is 1. The average molecular weight is 243 g/mol. The summed E-state index contributed by atoms with van der Waals surface area (Å²) in [5.74, 6) is -0.707. The van der Waals surface area contributed by atoms with Gasteiger partial charge in [0, 0.05) is 0 Å². The highest BCUT2D eigenvalue weighted by Crippen LogP contribution is 2.32. The van der Waals surface area contributed by atoms with E-state index in [0.717, 1.165) is 17.5 Å². The second kappa shape index (κ2) is 5.21. The van der Waals surface area contributed by atoms with Gasteiger partial charge in [0.1, 0.15) is 11.3 Å². The minimum Gasteiger partial charge on any atom is -0.493 e. The first-order chi connectivity index (χ1) is 7.49. The van der Waals surface area contributed by atoms with Gasteiger partial charge in [0.25, 0.3) is 0 Å². The Hall–Kier alpha value is -1.22. The van der Waals surface area contributed by atoms with Gasteiger partial charge in [-0.3, -0.25) is 0 Å². The topological polar surface area (TPSA) is 46.5 Å². The van der Waals surface area contributed by atoms with Gasteiger partial charge in [-0.25, -0.2) is 4.79 Å². The lowest BCUT2D eigenvalue weighted by molar-refractivity contribution is 0.0692. The van der Waals surface area contributed by atoms with E-state index in [1.807, 2.05) is 13.8 Å². The van der Waals surface area contributed by atoms with Crippen LogP contribution in [0.25, 0.3) is 0 Å². The van der Waals surface area contributed by atoms with Crippen molar-refractivity contribution in [3.05, 3.63) is 27.8 Å². The van der Waals surface area contributed by atoms with Crippen LogP contribution < -0.4 is 4.74 Å². The quantitative estimate of drug-likeness (QED) is 0.880. The number of hydrogen-bond acceptors (Lipinski definition) is 2. The number of aromatic carboxylic acids is 1. The second-order valence-electron chi connectivity index (χ2n) is 3.66. The summed E-state index contributed by atoms with van der Waals surface area (Å²) in [6, 6.07) is 1.72. The lowest BCUT2D eigenvalue weighted by Gasteiger charge is -2.13. The van der Waals surface area contributed by atoms with Crippen molar-refractivity contribution in [2.75, 3.05) is 6.61 Å². The molecule has 3 nitrogen and oxygen atoms in total. The number of halogens is 1. The monoisotopic (exact) mass is 242 g/mol. The van der Waals surface area contributed by atoms with Crippen LogP contribution >= 0.6 is 11.6 Å². The first kappa shape index (κ1) is 12.8. The van der Waals surface area contributed by atoms with Crippen molar-refractivity contribution in [2.24, 2.45) is 0 Å². The molecule has 0 aromatic heterocycles. The molecule has 0 atom stereocenters. The van der Waals surface area contributed by atoms with Crippen molar-refractivity contribution < 1.29 is 14.6 Å². The van der Waals surface area contributed by atoms with Crippen LogP contribution in [0.1, 0.15) is 34.8 Å². The zero-order chi connectivity index (χ0) is 12.3. The maximum absolute atomic E-state index is 11.1. The van der Waals surface area contributed by atoms with Gasteiger partial charge in [-0.15, -0.1) is 0 Å². The maximum atomic E-state index is 11.1. The molecular formula is C12H15ClO3. The third-order valence-electron chi connectivity index (χ3n) is 2.41. The molecule has 88 valence electrons. The van der Waals surface area contributed by atoms with Crippen LogP contribution in [-0.2, 0) is 0 Å².